The van der Waals surface area contributed by atoms with Gasteiger partial charge in [0.2, 0.25) is 0 Å². The predicted octanol–water partition coefficient (Wildman–Crippen LogP) is 4.03. The molecule has 0 amide bonds. The third-order valence-corrected chi connectivity index (χ3v) is 2.43. The predicted molar refractivity (Wildman–Crippen MR) is 86.8 cm³/mol. The number of aliphatic hydroxyl groups is 1. The van der Waals surface area contributed by atoms with Crippen LogP contribution in [-0.4, -0.2) is 23.5 Å². The maximum Gasteiger partial charge on any atom is 0.117 e. The van der Waals surface area contributed by atoms with Crippen LogP contribution in [-0.2, 0) is 4.74 Å². The number of rotatable bonds is 8. The fraction of sp³-hybridized carbons (Fsp3) is 0.471. The molecule has 0 aliphatic heterocycles. The van der Waals surface area contributed by atoms with Crippen molar-refractivity contribution in [2.45, 2.75) is 40.7 Å². The number of aliphatic hydroxyl groups excluding tert-OH is 1. The van der Waals surface area contributed by atoms with E-state index in [1.165, 1.54) is 0 Å². The third kappa shape index (κ3) is 9.34. The van der Waals surface area contributed by atoms with Crippen molar-refractivity contribution in [3.8, 4) is 0 Å². The van der Waals surface area contributed by atoms with Crippen molar-refractivity contribution in [1.29, 1.82) is 0 Å². The number of hydrogen-bond acceptors (Lipinski definition) is 3. The molecule has 1 unspecified atom stereocenters. The molecule has 3 nitrogen and oxygen atoms in total. The molecule has 112 valence electrons. The van der Waals surface area contributed by atoms with Gasteiger partial charge < -0.3 is 9.84 Å². The lowest BCUT2D eigenvalue weighted by Gasteiger charge is -2.15. The van der Waals surface area contributed by atoms with Crippen LogP contribution in [0.3, 0.4) is 0 Å². The normalized spacial score (nSPS) is 15.9. The average Bonchev–Trinajstić information content (AvgIpc) is 2.42. The highest BCUT2D eigenvalue weighted by atomic mass is 16.5. The molecule has 0 saturated heterocycles. The first-order chi connectivity index (χ1) is 9.51. The Balaban J connectivity index is 4.40. The summed E-state index contributed by atoms with van der Waals surface area (Å²) >= 11 is 0. The zero-order valence-electron chi connectivity index (χ0n) is 13.2. The van der Waals surface area contributed by atoms with Gasteiger partial charge in [0.05, 0.1) is 5.76 Å². The summed E-state index contributed by atoms with van der Waals surface area (Å²) in [5, 5.41) is 9.85. The second-order valence-corrected chi connectivity index (χ2v) is 4.74. The monoisotopic (exact) mass is 277 g/mol. The van der Waals surface area contributed by atoms with E-state index in [-0.39, 0.29) is 6.61 Å². The van der Waals surface area contributed by atoms with E-state index in [2.05, 4.69) is 18.8 Å². The SMILES string of the molecule is C/C=C\C=C(\OCC(O)/C=C/C(C)=N/C=C\C)C(C)C. The molecule has 3 heteroatoms. The van der Waals surface area contributed by atoms with Gasteiger partial charge in [-0.15, -0.1) is 0 Å². The molecule has 0 radical (unpaired) electrons. The number of aliphatic imine (C=N–C) groups is 1. The van der Waals surface area contributed by atoms with Gasteiger partial charge in [-0.3, -0.25) is 4.99 Å². The Hall–Kier alpha value is -1.61. The minimum Gasteiger partial charge on any atom is -0.495 e. The Morgan fingerprint density at radius 3 is 2.50 bits per heavy atom. The Morgan fingerprint density at radius 2 is 1.95 bits per heavy atom. The van der Waals surface area contributed by atoms with Gasteiger partial charge in [0, 0.05) is 17.8 Å². The zero-order chi connectivity index (χ0) is 15.4. The van der Waals surface area contributed by atoms with E-state index < -0.39 is 6.10 Å². The number of ether oxygens (including phenoxy) is 1. The van der Waals surface area contributed by atoms with E-state index in [0.29, 0.717) is 5.92 Å². The molecule has 20 heavy (non-hydrogen) atoms. The van der Waals surface area contributed by atoms with E-state index >= 15 is 0 Å². The van der Waals surface area contributed by atoms with Crippen molar-refractivity contribution < 1.29 is 9.84 Å². The highest BCUT2D eigenvalue weighted by Gasteiger charge is 2.06. The average molecular weight is 277 g/mol. The summed E-state index contributed by atoms with van der Waals surface area (Å²) in [6.07, 6.45) is 12.2. The van der Waals surface area contributed by atoms with Crippen LogP contribution in [0, 0.1) is 5.92 Å². The molecule has 0 rings (SSSR count). The lowest BCUT2D eigenvalue weighted by atomic mass is 10.1. The van der Waals surface area contributed by atoms with Crippen LogP contribution in [0.4, 0.5) is 0 Å². The van der Waals surface area contributed by atoms with Crippen molar-refractivity contribution in [2.24, 2.45) is 10.9 Å². The molecular weight excluding hydrogens is 250 g/mol. The van der Waals surface area contributed by atoms with Crippen LogP contribution in [0.1, 0.15) is 34.6 Å². The van der Waals surface area contributed by atoms with Crippen molar-refractivity contribution in [3.63, 3.8) is 0 Å². The first-order valence-electron chi connectivity index (χ1n) is 6.98. The first kappa shape index (κ1) is 18.4. The molecule has 0 aromatic carbocycles. The standard InChI is InChI=1S/C17H27NO2/c1-6-8-9-17(14(3)4)20-13-16(19)11-10-15(5)18-12-7-2/h6-12,14,16,19H,13H2,1-5H3/b8-6-,11-10+,12-7-,17-9+,18-15+. The summed E-state index contributed by atoms with van der Waals surface area (Å²) in [7, 11) is 0. The molecule has 0 aliphatic carbocycles. The minimum absolute atomic E-state index is 0.245. The van der Waals surface area contributed by atoms with Gasteiger partial charge in [0.25, 0.3) is 0 Å². The summed E-state index contributed by atoms with van der Waals surface area (Å²) < 4.78 is 5.64. The quantitative estimate of drug-likeness (QED) is 0.413. The molecule has 1 N–H and O–H groups in total. The molecule has 0 aromatic rings. The van der Waals surface area contributed by atoms with E-state index in [4.69, 9.17) is 4.74 Å². The summed E-state index contributed by atoms with van der Waals surface area (Å²) in [5.41, 5.74) is 0.843. The molecule has 0 aromatic heterocycles. The van der Waals surface area contributed by atoms with Crippen LogP contribution < -0.4 is 0 Å². The number of hydrogen-bond donors (Lipinski definition) is 1. The lowest BCUT2D eigenvalue weighted by Crippen LogP contribution is -2.14. The van der Waals surface area contributed by atoms with Crippen molar-refractivity contribution >= 4 is 5.71 Å². The lowest BCUT2D eigenvalue weighted by molar-refractivity contribution is 0.0902. The van der Waals surface area contributed by atoms with Gasteiger partial charge in [-0.1, -0.05) is 38.2 Å². The minimum atomic E-state index is -0.640. The topological polar surface area (TPSA) is 41.8 Å². The Bertz CT molecular complexity index is 401. The van der Waals surface area contributed by atoms with Gasteiger partial charge in [0.1, 0.15) is 12.7 Å². The van der Waals surface area contributed by atoms with Crippen molar-refractivity contribution in [3.05, 3.63) is 48.4 Å². The number of nitrogens with zero attached hydrogens (tertiary/aromatic N) is 1. The summed E-state index contributed by atoms with van der Waals surface area (Å²) in [4.78, 5) is 4.16. The largest absolute Gasteiger partial charge is 0.495 e. The molecule has 0 fully saturated rings. The van der Waals surface area contributed by atoms with Gasteiger partial charge in [-0.05, 0) is 32.9 Å². The highest BCUT2D eigenvalue weighted by Crippen LogP contribution is 2.12. The Labute approximate surface area is 123 Å². The van der Waals surface area contributed by atoms with Crippen LogP contribution in [0.5, 0.6) is 0 Å². The van der Waals surface area contributed by atoms with E-state index in [1.54, 1.807) is 18.4 Å². The second-order valence-electron chi connectivity index (χ2n) is 4.74. The second kappa shape index (κ2) is 11.2. The van der Waals surface area contributed by atoms with E-state index in [0.717, 1.165) is 11.5 Å². The van der Waals surface area contributed by atoms with Crippen LogP contribution in [0.15, 0.2) is 53.4 Å². The van der Waals surface area contributed by atoms with Crippen LogP contribution in [0.2, 0.25) is 0 Å². The van der Waals surface area contributed by atoms with E-state index in [1.807, 2.05) is 45.1 Å². The maximum atomic E-state index is 9.85. The summed E-state index contributed by atoms with van der Waals surface area (Å²) in [6, 6.07) is 0. The van der Waals surface area contributed by atoms with Crippen LogP contribution in [0.25, 0.3) is 0 Å². The fourth-order valence-electron chi connectivity index (χ4n) is 1.32. The van der Waals surface area contributed by atoms with Crippen molar-refractivity contribution in [1.82, 2.24) is 0 Å². The third-order valence-electron chi connectivity index (χ3n) is 2.43. The van der Waals surface area contributed by atoms with Crippen LogP contribution >= 0.6 is 0 Å². The molecule has 0 aliphatic rings. The molecule has 0 heterocycles. The zero-order valence-corrected chi connectivity index (χ0v) is 13.2. The number of allylic oxidation sites excluding steroid dienone is 6. The molecular formula is C17H27NO2. The van der Waals surface area contributed by atoms with Gasteiger partial charge in [0.15, 0.2) is 0 Å². The summed E-state index contributed by atoms with van der Waals surface area (Å²) in [6.45, 7) is 10.1. The Morgan fingerprint density at radius 1 is 1.25 bits per heavy atom. The van der Waals surface area contributed by atoms with E-state index in [9.17, 15) is 5.11 Å². The summed E-state index contributed by atoms with van der Waals surface area (Å²) in [5.74, 6) is 1.16. The fourth-order valence-corrected chi connectivity index (χ4v) is 1.32. The van der Waals surface area contributed by atoms with Gasteiger partial charge >= 0.3 is 0 Å². The van der Waals surface area contributed by atoms with Crippen molar-refractivity contribution in [2.75, 3.05) is 6.61 Å². The molecule has 0 spiro atoms. The molecule has 0 saturated carbocycles. The highest BCUT2D eigenvalue weighted by molar-refractivity contribution is 5.93. The van der Waals surface area contributed by atoms with Gasteiger partial charge in [-0.2, -0.15) is 0 Å². The van der Waals surface area contributed by atoms with Gasteiger partial charge in [-0.25, -0.2) is 0 Å². The molecule has 1 atom stereocenters. The molecule has 0 bridgehead atoms. The smallest absolute Gasteiger partial charge is 0.117 e. The Kier molecular flexibility index (Phi) is 10.3. The first-order valence-corrected chi connectivity index (χ1v) is 6.98. The maximum absolute atomic E-state index is 9.85.